The summed E-state index contributed by atoms with van der Waals surface area (Å²) in [7, 11) is 5.96. The second-order valence-corrected chi connectivity index (χ2v) is 30.1. The molecule has 0 aromatic rings. The van der Waals surface area contributed by atoms with Crippen molar-refractivity contribution < 1.29 is 65.9 Å². The lowest BCUT2D eigenvalue weighted by molar-refractivity contribution is -0.182. The molecule has 7 aliphatic rings. The van der Waals surface area contributed by atoms with Gasteiger partial charge in [0.1, 0.15) is 53.9 Å². The molecule has 0 aromatic carbocycles. The van der Waals surface area contributed by atoms with Crippen LogP contribution in [0.3, 0.4) is 0 Å². The average Bonchev–Trinajstić information content (AvgIpc) is 1.44. The van der Waals surface area contributed by atoms with E-state index >= 15 is 19.2 Å². The van der Waals surface area contributed by atoms with Crippen LogP contribution >= 0.6 is 11.6 Å². The molecular formula is C68H109ClF3N11O11. The van der Waals surface area contributed by atoms with Gasteiger partial charge in [0.25, 0.3) is 0 Å². The minimum atomic E-state index is -4.49. The molecule has 3 aliphatic carbocycles. The lowest BCUT2D eigenvalue weighted by Crippen LogP contribution is -2.66. The molecule has 11 amide bonds. The number of rotatable bonds is 10. The maximum absolute atomic E-state index is 15.1. The zero-order valence-corrected chi connectivity index (χ0v) is 58.4. The van der Waals surface area contributed by atoms with E-state index in [0.717, 1.165) is 32.1 Å². The van der Waals surface area contributed by atoms with Gasteiger partial charge in [0.15, 0.2) is 0 Å². The topological polar surface area (TPSA) is 259 Å². The zero-order valence-electron chi connectivity index (χ0n) is 57.7. The largest absolute Gasteiger partial charge is 0.393 e. The van der Waals surface area contributed by atoms with Crippen LogP contribution in [0.5, 0.6) is 0 Å². The van der Waals surface area contributed by atoms with E-state index in [0.29, 0.717) is 44.9 Å². The van der Waals surface area contributed by atoms with Crippen LogP contribution in [-0.4, -0.2) is 225 Å². The number of nitrogens with zero attached hydrogens (tertiary/aromatic N) is 7. The van der Waals surface area contributed by atoms with Crippen molar-refractivity contribution in [2.45, 2.75) is 274 Å². The molecule has 3 unspecified atom stereocenters. The average molecular weight is 1350 g/mol. The van der Waals surface area contributed by atoms with E-state index in [2.05, 4.69) is 21.3 Å². The molecule has 4 heterocycles. The van der Waals surface area contributed by atoms with Crippen LogP contribution < -0.4 is 21.3 Å². The van der Waals surface area contributed by atoms with Crippen molar-refractivity contribution in [3.63, 3.8) is 0 Å². The van der Waals surface area contributed by atoms with Crippen molar-refractivity contribution >= 4 is 76.6 Å². The van der Waals surface area contributed by atoms with E-state index in [9.17, 15) is 46.7 Å². The van der Waals surface area contributed by atoms with Gasteiger partial charge < -0.3 is 55.6 Å². The van der Waals surface area contributed by atoms with Crippen LogP contribution in [0.15, 0.2) is 0 Å². The Labute approximate surface area is 559 Å². The highest BCUT2D eigenvalue weighted by Gasteiger charge is 2.52. The Balaban J connectivity index is 1.23. The molecule has 13 atom stereocenters. The van der Waals surface area contributed by atoms with Crippen molar-refractivity contribution in [3.05, 3.63) is 0 Å². The van der Waals surface area contributed by atoms with Crippen molar-refractivity contribution in [2.24, 2.45) is 35.5 Å². The number of fused-ring (bicyclic) bond motifs is 3. The summed E-state index contributed by atoms with van der Waals surface area (Å²) in [5.41, 5.74) is -1.47. The highest BCUT2D eigenvalue weighted by Crippen LogP contribution is 2.44. The van der Waals surface area contributed by atoms with Gasteiger partial charge in [0, 0.05) is 65.7 Å². The number of alkyl halides is 4. The molecule has 4 aliphatic heterocycles. The van der Waals surface area contributed by atoms with Crippen molar-refractivity contribution in [1.29, 1.82) is 0 Å². The molecule has 26 heteroatoms. The molecule has 4 saturated heterocycles. The summed E-state index contributed by atoms with van der Waals surface area (Å²) in [5.74, 6) is -8.95. The molecule has 3 saturated carbocycles. The van der Waals surface area contributed by atoms with E-state index < -0.39 is 161 Å². The van der Waals surface area contributed by atoms with E-state index in [-0.39, 0.29) is 114 Å². The Hall–Kier alpha value is -5.75. The van der Waals surface area contributed by atoms with Crippen LogP contribution in [0.2, 0.25) is 0 Å². The van der Waals surface area contributed by atoms with E-state index in [1.54, 1.807) is 20.8 Å². The third-order valence-corrected chi connectivity index (χ3v) is 22.3. The van der Waals surface area contributed by atoms with E-state index in [4.69, 9.17) is 11.6 Å². The smallest absolute Gasteiger partial charge is 0.351 e. The first-order valence-electron chi connectivity index (χ1n) is 35.2. The second-order valence-electron chi connectivity index (χ2n) is 29.5. The SMILES string of the molecule is CC[C@H](C)[C@@H]1NC(=O)[C@H](CC(C)C)N(C)C(=O)C[C@@H](C)NC(=O)[C@H](C(C)C)N(C)C(=O)C2(CCCC2)NC(=O)[C@@H]2CCCN2C(=O)[C@H](CCC2CCC(C(F)(F)F)C(Cl)C2)NC(=O)CN(C)C(=O)[C@H](CC2CCCCC2)N(C)C(=O)[C@@H]2CCN2C(=O)[C@@H]2CCCCN2C1=O. The van der Waals surface area contributed by atoms with Crippen molar-refractivity contribution in [2.75, 3.05) is 54.4 Å². The summed E-state index contributed by atoms with van der Waals surface area (Å²) in [4.78, 5) is 173. The Morgan fingerprint density at radius 3 is 1.81 bits per heavy atom. The van der Waals surface area contributed by atoms with Crippen LogP contribution in [0, 0.1) is 35.5 Å². The van der Waals surface area contributed by atoms with Crippen LogP contribution in [-0.2, 0) is 52.7 Å². The lowest BCUT2D eigenvalue weighted by Gasteiger charge is -2.47. The molecule has 7 fully saturated rings. The number of halogens is 4. The standard InChI is InChI=1S/C68H109ClF3N11O11/c1-12-42(6)56-65(93)82-32-19-16-23-50(82)64(92)83-34-29-51(83)63(91)79(10)53(38-44-21-14-13-15-22-44)62(90)77(8)39-54(84)74-48(28-26-45-25-27-46(47(69)37-45)68(70,71)72)61(89)81-33-20-24-49(81)59(87)76-67(30-17-18-31-67)66(94)80(11)57(41(4)5)60(88)73-43(7)36-55(85)78(9)52(35-40(2)3)58(86)75-56/h40-53,56-57H,12-39H2,1-11H3,(H,73,88)(H,74,84)(H,75,86)(H,76,87)/t42-,43+,45?,46?,47?,48-,49-,50-,51-,52-,53-,56-,57-/m0/s1. The van der Waals surface area contributed by atoms with Gasteiger partial charge in [-0.1, -0.05) is 92.9 Å². The Kier molecular flexibility index (Phi) is 26.5. The van der Waals surface area contributed by atoms with Gasteiger partial charge in [-0.25, -0.2) is 0 Å². The van der Waals surface area contributed by atoms with Gasteiger partial charge in [-0.2, -0.15) is 13.2 Å². The second kappa shape index (κ2) is 33.0. The fourth-order valence-electron chi connectivity index (χ4n) is 15.9. The predicted molar refractivity (Wildman–Crippen MR) is 348 cm³/mol. The Bertz CT molecular complexity index is 2730. The fourth-order valence-corrected chi connectivity index (χ4v) is 16.4. The predicted octanol–water partition coefficient (Wildman–Crippen LogP) is 6.29. The van der Waals surface area contributed by atoms with Gasteiger partial charge in [-0.05, 0) is 133 Å². The number of nitrogens with one attached hydrogen (secondary N) is 4. The molecule has 0 radical (unpaired) electrons. The van der Waals surface area contributed by atoms with Gasteiger partial charge in [-0.15, -0.1) is 11.6 Å². The number of piperidine rings is 1. The Morgan fingerprint density at radius 2 is 1.20 bits per heavy atom. The summed E-state index contributed by atoms with van der Waals surface area (Å²) in [6, 6.07) is -9.42. The van der Waals surface area contributed by atoms with E-state index in [1.165, 1.54) is 62.5 Å². The van der Waals surface area contributed by atoms with Gasteiger partial charge >= 0.3 is 6.18 Å². The molecule has 530 valence electrons. The first-order chi connectivity index (χ1) is 44.3. The normalized spacial score (nSPS) is 31.8. The third-order valence-electron chi connectivity index (χ3n) is 21.8. The summed E-state index contributed by atoms with van der Waals surface area (Å²) in [6.07, 6.45) is 4.88. The summed E-state index contributed by atoms with van der Waals surface area (Å²) in [5, 5.41) is 10.6. The maximum atomic E-state index is 15.1. The van der Waals surface area contributed by atoms with Crippen LogP contribution in [0.25, 0.3) is 0 Å². The molecule has 94 heavy (non-hydrogen) atoms. The minimum absolute atomic E-state index is 0.0193. The quantitative estimate of drug-likeness (QED) is 0.177. The monoisotopic (exact) mass is 1350 g/mol. The molecule has 0 aromatic heterocycles. The van der Waals surface area contributed by atoms with E-state index in [1.807, 2.05) is 27.7 Å². The Morgan fingerprint density at radius 1 is 0.585 bits per heavy atom. The first-order valence-corrected chi connectivity index (χ1v) is 35.6. The summed E-state index contributed by atoms with van der Waals surface area (Å²) >= 11 is 6.39. The number of likely N-dealkylation sites (N-methyl/N-ethyl adjacent to an activating group) is 4. The molecule has 22 nitrogen and oxygen atoms in total. The number of amides is 11. The van der Waals surface area contributed by atoms with Crippen LogP contribution in [0.4, 0.5) is 13.2 Å². The number of hydrogen-bond acceptors (Lipinski definition) is 11. The summed E-state index contributed by atoms with van der Waals surface area (Å²) in [6.45, 7) is 12.7. The van der Waals surface area contributed by atoms with Gasteiger partial charge in [-0.3, -0.25) is 52.7 Å². The zero-order chi connectivity index (χ0) is 69.3. The van der Waals surface area contributed by atoms with Crippen molar-refractivity contribution in [3.8, 4) is 0 Å². The molecule has 0 bridgehead atoms. The first kappa shape index (κ1) is 75.6. The van der Waals surface area contributed by atoms with Crippen LogP contribution in [0.1, 0.15) is 203 Å². The fraction of sp³-hybridized carbons (Fsp3) is 0.838. The number of carbonyl (C=O) groups is 11. The third kappa shape index (κ3) is 18.1. The molecule has 1 spiro atoms. The number of hydrogen-bond donors (Lipinski definition) is 4. The molecule has 7 rings (SSSR count). The lowest BCUT2D eigenvalue weighted by atomic mass is 9.78. The molecular weight excluding hydrogens is 1240 g/mol. The van der Waals surface area contributed by atoms with Gasteiger partial charge in [0.05, 0.1) is 12.5 Å². The summed E-state index contributed by atoms with van der Waals surface area (Å²) < 4.78 is 41.9. The van der Waals surface area contributed by atoms with Gasteiger partial charge in [0.2, 0.25) is 65.0 Å². The number of carbonyl (C=O) groups excluding carboxylic acids is 11. The van der Waals surface area contributed by atoms with Crippen molar-refractivity contribution in [1.82, 2.24) is 55.6 Å². The maximum Gasteiger partial charge on any atom is 0.393 e. The molecule has 4 N–H and O–H groups in total. The minimum Gasteiger partial charge on any atom is -0.351 e. The highest BCUT2D eigenvalue weighted by atomic mass is 35.5. The highest BCUT2D eigenvalue weighted by molar-refractivity contribution is 6.20.